The fourth-order valence-corrected chi connectivity index (χ4v) is 1.62. The minimum Gasteiger partial charge on any atom is -0.436 e. The molecule has 0 aliphatic carbocycles. The number of hydrogen-bond acceptors (Lipinski definition) is 5. The second-order valence-electron chi connectivity index (χ2n) is 3.97. The number of oxazole rings is 1. The van der Waals surface area contributed by atoms with Gasteiger partial charge in [-0.15, -0.1) is 0 Å². The molecule has 2 aromatic heterocycles. The van der Waals surface area contributed by atoms with Gasteiger partial charge in [-0.1, -0.05) is 12.0 Å². The summed E-state index contributed by atoms with van der Waals surface area (Å²) < 4.78 is 5.23. The van der Waals surface area contributed by atoms with Gasteiger partial charge in [0.1, 0.15) is 18.1 Å². The molecule has 102 valence electrons. The minimum absolute atomic E-state index is 0.163. The summed E-state index contributed by atoms with van der Waals surface area (Å²) in [6, 6.07) is 5.03. The molecule has 0 saturated heterocycles. The third kappa shape index (κ3) is 3.22. The van der Waals surface area contributed by atoms with Gasteiger partial charge in [0.15, 0.2) is 5.89 Å². The van der Waals surface area contributed by atoms with Crippen molar-refractivity contribution in [1.82, 2.24) is 9.97 Å². The van der Waals surface area contributed by atoms with Crippen molar-refractivity contribution >= 4 is 11.7 Å². The molecule has 0 aromatic carbocycles. The van der Waals surface area contributed by atoms with Crippen molar-refractivity contribution in [3.8, 4) is 11.8 Å². The highest BCUT2D eigenvalue weighted by molar-refractivity contribution is 6.02. The van der Waals surface area contributed by atoms with Gasteiger partial charge < -0.3 is 14.8 Å². The summed E-state index contributed by atoms with van der Waals surface area (Å²) in [6.07, 6.45) is 0. The van der Waals surface area contributed by atoms with Crippen molar-refractivity contribution in [3.05, 3.63) is 41.2 Å². The largest absolute Gasteiger partial charge is 0.436 e. The molecule has 2 rings (SSSR count). The van der Waals surface area contributed by atoms with E-state index in [1.54, 1.807) is 32.0 Å². The zero-order valence-corrected chi connectivity index (χ0v) is 11.1. The highest BCUT2D eigenvalue weighted by Gasteiger charge is 2.16. The first-order valence-corrected chi connectivity index (χ1v) is 5.92. The van der Waals surface area contributed by atoms with Crippen LogP contribution in [-0.4, -0.2) is 27.6 Å². The van der Waals surface area contributed by atoms with E-state index < -0.39 is 5.91 Å². The van der Waals surface area contributed by atoms with E-state index in [1.807, 2.05) is 0 Å². The van der Waals surface area contributed by atoms with Crippen molar-refractivity contribution in [3.63, 3.8) is 0 Å². The second kappa shape index (κ2) is 5.99. The van der Waals surface area contributed by atoms with Crippen LogP contribution in [0.3, 0.4) is 0 Å². The van der Waals surface area contributed by atoms with Crippen LogP contribution in [0.2, 0.25) is 0 Å². The molecular weight excluding hydrogens is 258 g/mol. The maximum Gasteiger partial charge on any atom is 0.294 e. The number of carbonyl (C=O) groups excluding carboxylic acids is 1. The van der Waals surface area contributed by atoms with Crippen LogP contribution in [0.25, 0.3) is 0 Å². The van der Waals surface area contributed by atoms with E-state index in [0.29, 0.717) is 23.1 Å². The SMILES string of the molecule is Cc1nc(C)c(C(=O)Nc2cccc(C#CCO)n2)o1. The smallest absolute Gasteiger partial charge is 0.294 e. The molecule has 2 N–H and O–H groups in total. The van der Waals surface area contributed by atoms with Gasteiger partial charge in [0.05, 0.1) is 5.69 Å². The summed E-state index contributed by atoms with van der Waals surface area (Å²) in [5, 5.41) is 11.2. The van der Waals surface area contributed by atoms with Crippen LogP contribution in [0.15, 0.2) is 22.6 Å². The van der Waals surface area contributed by atoms with Crippen LogP contribution in [-0.2, 0) is 0 Å². The summed E-state index contributed by atoms with van der Waals surface area (Å²) in [5.41, 5.74) is 0.985. The predicted molar refractivity (Wildman–Crippen MR) is 72.1 cm³/mol. The van der Waals surface area contributed by atoms with Gasteiger partial charge in [0.2, 0.25) is 5.76 Å². The van der Waals surface area contributed by atoms with Crippen molar-refractivity contribution < 1.29 is 14.3 Å². The van der Waals surface area contributed by atoms with Gasteiger partial charge in [0, 0.05) is 6.92 Å². The van der Waals surface area contributed by atoms with Crippen LogP contribution >= 0.6 is 0 Å². The monoisotopic (exact) mass is 271 g/mol. The van der Waals surface area contributed by atoms with E-state index in [0.717, 1.165) is 0 Å². The third-order valence-electron chi connectivity index (χ3n) is 2.40. The number of carbonyl (C=O) groups is 1. The maximum atomic E-state index is 12.0. The molecule has 0 fully saturated rings. The Labute approximate surface area is 115 Å². The van der Waals surface area contributed by atoms with Crippen LogP contribution in [0.4, 0.5) is 5.82 Å². The highest BCUT2D eigenvalue weighted by atomic mass is 16.4. The molecule has 0 unspecified atom stereocenters. The molecular formula is C14H13N3O3. The molecule has 0 saturated carbocycles. The van der Waals surface area contributed by atoms with Gasteiger partial charge in [-0.25, -0.2) is 9.97 Å². The van der Waals surface area contributed by atoms with E-state index in [-0.39, 0.29) is 12.4 Å². The van der Waals surface area contributed by atoms with Crippen LogP contribution < -0.4 is 5.32 Å². The Hall–Kier alpha value is -2.65. The van der Waals surface area contributed by atoms with Crippen molar-refractivity contribution in [2.75, 3.05) is 11.9 Å². The van der Waals surface area contributed by atoms with Crippen molar-refractivity contribution in [2.24, 2.45) is 0 Å². The first kappa shape index (κ1) is 13.8. The first-order chi connectivity index (χ1) is 9.60. The number of aliphatic hydroxyl groups excluding tert-OH is 1. The lowest BCUT2D eigenvalue weighted by Gasteiger charge is -2.02. The number of rotatable bonds is 2. The number of amides is 1. The zero-order chi connectivity index (χ0) is 14.5. The average molecular weight is 271 g/mol. The minimum atomic E-state index is -0.414. The first-order valence-electron chi connectivity index (χ1n) is 5.92. The molecule has 0 aliphatic heterocycles. The zero-order valence-electron chi connectivity index (χ0n) is 11.1. The topological polar surface area (TPSA) is 88.2 Å². The Balaban J connectivity index is 2.17. The standard InChI is InChI=1S/C14H13N3O3/c1-9-13(20-10(2)15-9)14(19)17-12-7-3-5-11(16-12)6-4-8-18/h3,5,7,18H,8H2,1-2H3,(H,16,17,19). The molecule has 6 heteroatoms. The number of anilines is 1. The molecule has 20 heavy (non-hydrogen) atoms. The van der Waals surface area contributed by atoms with E-state index in [1.165, 1.54) is 0 Å². The van der Waals surface area contributed by atoms with E-state index in [9.17, 15) is 4.79 Å². The molecule has 6 nitrogen and oxygen atoms in total. The molecule has 0 radical (unpaired) electrons. The van der Waals surface area contributed by atoms with Gasteiger partial charge in [-0.3, -0.25) is 4.79 Å². The van der Waals surface area contributed by atoms with E-state index >= 15 is 0 Å². The number of aryl methyl sites for hydroxylation is 2. The summed E-state index contributed by atoms with van der Waals surface area (Å²) >= 11 is 0. The Kier molecular flexibility index (Phi) is 4.13. The van der Waals surface area contributed by atoms with Gasteiger partial charge in [-0.05, 0) is 25.0 Å². The molecule has 2 heterocycles. The lowest BCUT2D eigenvalue weighted by atomic mass is 10.3. The van der Waals surface area contributed by atoms with Gasteiger partial charge in [0.25, 0.3) is 5.91 Å². The Bertz CT molecular complexity index is 695. The molecule has 1 amide bonds. The van der Waals surface area contributed by atoms with Gasteiger partial charge >= 0.3 is 0 Å². The third-order valence-corrected chi connectivity index (χ3v) is 2.40. The molecule has 0 aliphatic rings. The van der Waals surface area contributed by atoms with Crippen molar-refractivity contribution in [2.45, 2.75) is 13.8 Å². The predicted octanol–water partition coefficient (Wildman–Crippen LogP) is 1.28. The Morgan fingerprint density at radius 1 is 1.40 bits per heavy atom. The molecule has 2 aromatic rings. The quantitative estimate of drug-likeness (QED) is 0.803. The van der Waals surface area contributed by atoms with Crippen LogP contribution in [0, 0.1) is 25.7 Å². The second-order valence-corrected chi connectivity index (χ2v) is 3.97. The number of aliphatic hydroxyl groups is 1. The normalized spacial score (nSPS) is 9.75. The lowest BCUT2D eigenvalue weighted by Crippen LogP contribution is -2.13. The maximum absolute atomic E-state index is 12.0. The van der Waals surface area contributed by atoms with E-state index in [4.69, 9.17) is 9.52 Å². The van der Waals surface area contributed by atoms with Crippen LogP contribution in [0.5, 0.6) is 0 Å². The fourth-order valence-electron chi connectivity index (χ4n) is 1.62. The van der Waals surface area contributed by atoms with Gasteiger partial charge in [-0.2, -0.15) is 0 Å². The molecule has 0 spiro atoms. The summed E-state index contributed by atoms with van der Waals surface area (Å²) in [4.78, 5) is 20.2. The number of pyridine rings is 1. The fraction of sp³-hybridized carbons (Fsp3) is 0.214. The number of hydrogen-bond donors (Lipinski definition) is 2. The molecule has 0 atom stereocenters. The number of nitrogens with zero attached hydrogens (tertiary/aromatic N) is 2. The summed E-state index contributed by atoms with van der Waals surface area (Å²) in [7, 11) is 0. The Morgan fingerprint density at radius 2 is 2.20 bits per heavy atom. The number of nitrogens with one attached hydrogen (secondary N) is 1. The highest BCUT2D eigenvalue weighted by Crippen LogP contribution is 2.12. The lowest BCUT2D eigenvalue weighted by molar-refractivity contribution is 0.0994. The number of aromatic nitrogens is 2. The Morgan fingerprint density at radius 3 is 2.85 bits per heavy atom. The molecule has 0 bridgehead atoms. The van der Waals surface area contributed by atoms with Crippen LogP contribution in [0.1, 0.15) is 27.8 Å². The summed E-state index contributed by atoms with van der Waals surface area (Å²) in [6.45, 7) is 3.13. The summed E-state index contributed by atoms with van der Waals surface area (Å²) in [5.74, 6) is 5.69. The van der Waals surface area contributed by atoms with Crippen molar-refractivity contribution in [1.29, 1.82) is 0 Å². The van der Waals surface area contributed by atoms with E-state index in [2.05, 4.69) is 27.1 Å². The average Bonchev–Trinajstić information content (AvgIpc) is 2.76.